The molecule has 0 saturated heterocycles. The molecule has 3 aromatic rings. The van der Waals surface area contributed by atoms with Crippen molar-refractivity contribution < 1.29 is 37.7 Å². The van der Waals surface area contributed by atoms with Crippen LogP contribution < -0.4 is 10.5 Å². The first-order chi connectivity index (χ1) is 17.1. The first-order valence-electron chi connectivity index (χ1n) is 11.2. The third kappa shape index (κ3) is 8.35. The van der Waals surface area contributed by atoms with Crippen LogP contribution in [0.15, 0.2) is 48.8 Å². The molecule has 0 spiro atoms. The molecule has 0 unspecified atom stereocenters. The monoisotopic (exact) mass is 521 g/mol. The average Bonchev–Trinajstić information content (AvgIpc) is 3.22. The Balaban J connectivity index is 0.000000449. The minimum Gasteiger partial charge on any atom is -0.506 e. The third-order valence-electron chi connectivity index (χ3n) is 5.08. The maximum atomic E-state index is 13.5. The summed E-state index contributed by atoms with van der Waals surface area (Å²) in [7, 11) is 1.64. The number of imidazole rings is 1. The number of rotatable bonds is 7. The fourth-order valence-corrected chi connectivity index (χ4v) is 3.27. The van der Waals surface area contributed by atoms with Gasteiger partial charge >= 0.3 is 12.1 Å². The summed E-state index contributed by atoms with van der Waals surface area (Å²) in [6.07, 6.45) is -1.83. The van der Waals surface area contributed by atoms with Crippen molar-refractivity contribution >= 4 is 11.8 Å². The van der Waals surface area contributed by atoms with E-state index < -0.39 is 40.4 Å². The van der Waals surface area contributed by atoms with E-state index in [2.05, 4.69) is 4.98 Å². The quantitative estimate of drug-likeness (QED) is 0.365. The highest BCUT2D eigenvalue weighted by Gasteiger charge is 2.40. The van der Waals surface area contributed by atoms with Crippen molar-refractivity contribution in [3.05, 3.63) is 76.9 Å². The second kappa shape index (κ2) is 11.9. The van der Waals surface area contributed by atoms with Crippen LogP contribution in [0.3, 0.4) is 0 Å². The minimum absolute atomic E-state index is 0.00551. The lowest BCUT2D eigenvalue weighted by Gasteiger charge is -2.20. The van der Waals surface area contributed by atoms with Crippen molar-refractivity contribution in [2.75, 3.05) is 0 Å². The van der Waals surface area contributed by atoms with Gasteiger partial charge in [-0.25, -0.2) is 9.78 Å². The van der Waals surface area contributed by atoms with Crippen LogP contribution >= 0.6 is 0 Å². The molecule has 0 aliphatic heterocycles. The molecule has 11 heteroatoms. The Hall–Kier alpha value is -3.86. The molecule has 0 amide bonds. The zero-order chi connectivity index (χ0) is 28.0. The normalized spacial score (nSPS) is 11.5. The number of carbonyl (C=O) groups is 2. The Labute approximate surface area is 212 Å². The van der Waals surface area contributed by atoms with Crippen molar-refractivity contribution in [1.82, 2.24) is 9.55 Å². The third-order valence-corrected chi connectivity index (χ3v) is 5.08. The summed E-state index contributed by atoms with van der Waals surface area (Å²) in [6, 6.07) is 9.18. The molecule has 0 aliphatic carbocycles. The topological polar surface area (TPSA) is 128 Å². The van der Waals surface area contributed by atoms with Crippen LogP contribution in [0.4, 0.5) is 13.2 Å². The van der Waals surface area contributed by atoms with Gasteiger partial charge in [-0.05, 0) is 28.7 Å². The number of nitrogens with zero attached hydrogens (tertiary/aromatic N) is 2. The molecule has 1 heterocycles. The molecule has 0 atom stereocenters. The first-order valence-corrected chi connectivity index (χ1v) is 11.2. The molecule has 0 radical (unpaired) electrons. The molecule has 200 valence electrons. The number of halogens is 3. The lowest BCUT2D eigenvalue weighted by Crippen LogP contribution is -2.15. The van der Waals surface area contributed by atoms with E-state index in [0.717, 1.165) is 11.6 Å². The Bertz CT molecular complexity index is 1230. The number of alkyl halides is 3. The summed E-state index contributed by atoms with van der Waals surface area (Å²) in [5.41, 5.74) is 4.93. The SMILES string of the molecule is CC(C)(C)CC(=O)c1ccc(OCc2ccc(CN)cc2)c(C(F)(F)F)c1O.Cn1ccnc1C(=O)O. The van der Waals surface area contributed by atoms with Gasteiger partial charge in [0, 0.05) is 32.4 Å². The molecule has 0 aliphatic rings. The lowest BCUT2D eigenvalue weighted by atomic mass is 9.87. The fraction of sp³-hybridized carbons (Fsp3) is 0.346. The standard InChI is InChI=1S/C21H24F3NO3.C5H6N2O2/c1-20(2,3)10-16(26)15-8-9-17(18(19(15)27)21(22,23)24)28-12-14-6-4-13(11-25)5-7-14;1-7-3-2-6-4(7)5(8)9/h4-9,27H,10-12,25H2,1-3H3;2-3H,1H3,(H,8,9). The lowest BCUT2D eigenvalue weighted by molar-refractivity contribution is -0.140. The number of nitrogens with two attached hydrogens (primary N) is 1. The molecule has 3 rings (SSSR count). The molecule has 37 heavy (non-hydrogen) atoms. The van der Waals surface area contributed by atoms with Gasteiger partial charge in [-0.3, -0.25) is 4.79 Å². The van der Waals surface area contributed by atoms with Gasteiger partial charge in [-0.1, -0.05) is 45.0 Å². The second-order valence-electron chi connectivity index (χ2n) is 9.47. The van der Waals surface area contributed by atoms with Crippen molar-refractivity contribution in [2.45, 2.75) is 46.5 Å². The van der Waals surface area contributed by atoms with Crippen molar-refractivity contribution in [3.8, 4) is 11.5 Å². The van der Waals surface area contributed by atoms with Gasteiger partial charge in [-0.2, -0.15) is 13.2 Å². The van der Waals surface area contributed by atoms with Crippen molar-refractivity contribution in [1.29, 1.82) is 0 Å². The van der Waals surface area contributed by atoms with Crippen LogP contribution in [0.5, 0.6) is 11.5 Å². The van der Waals surface area contributed by atoms with Crippen molar-refractivity contribution in [3.63, 3.8) is 0 Å². The number of phenolic OH excluding ortho intramolecular Hbond substituents is 1. The number of carboxylic acids is 1. The highest BCUT2D eigenvalue weighted by Crippen LogP contribution is 2.44. The summed E-state index contributed by atoms with van der Waals surface area (Å²) in [6.45, 7) is 5.61. The van der Waals surface area contributed by atoms with E-state index in [1.807, 2.05) is 0 Å². The van der Waals surface area contributed by atoms with E-state index in [-0.39, 0.29) is 24.4 Å². The molecule has 8 nitrogen and oxygen atoms in total. The minimum atomic E-state index is -4.87. The van der Waals surface area contributed by atoms with E-state index >= 15 is 0 Å². The number of aryl methyl sites for hydroxylation is 1. The maximum Gasteiger partial charge on any atom is 0.423 e. The molecule has 0 bridgehead atoms. The molecular formula is C26H30F3N3O5. The van der Waals surface area contributed by atoms with Crippen LogP contribution in [0.25, 0.3) is 0 Å². The van der Waals surface area contributed by atoms with E-state index in [1.54, 1.807) is 58.3 Å². The maximum absolute atomic E-state index is 13.5. The summed E-state index contributed by atoms with van der Waals surface area (Å²) < 4.78 is 47.4. The van der Waals surface area contributed by atoms with Gasteiger partial charge in [0.2, 0.25) is 5.82 Å². The van der Waals surface area contributed by atoms with E-state index in [1.165, 1.54) is 16.8 Å². The Morgan fingerprint density at radius 2 is 1.65 bits per heavy atom. The number of Topliss-reactive ketones (excluding diaryl/α,β-unsaturated/α-hetero) is 1. The largest absolute Gasteiger partial charge is 0.506 e. The van der Waals surface area contributed by atoms with Gasteiger partial charge in [0.1, 0.15) is 23.7 Å². The Kier molecular flexibility index (Phi) is 9.46. The van der Waals surface area contributed by atoms with E-state index in [4.69, 9.17) is 15.6 Å². The van der Waals surface area contributed by atoms with Crippen LogP contribution in [-0.4, -0.2) is 31.5 Å². The summed E-state index contributed by atoms with van der Waals surface area (Å²) in [5, 5.41) is 18.6. The first kappa shape index (κ1) is 29.4. The predicted octanol–water partition coefficient (Wildman–Crippen LogP) is 5.19. The Morgan fingerprint density at radius 1 is 1.05 bits per heavy atom. The van der Waals surface area contributed by atoms with E-state index in [9.17, 15) is 27.9 Å². The molecular weight excluding hydrogens is 491 g/mol. The molecule has 0 fully saturated rings. The fourth-order valence-electron chi connectivity index (χ4n) is 3.27. The van der Waals surface area contributed by atoms with Crippen LogP contribution in [-0.2, 0) is 26.4 Å². The number of aromatic carboxylic acids is 1. The molecule has 1 aromatic heterocycles. The number of ketones is 1. The molecule has 4 N–H and O–H groups in total. The number of phenols is 1. The average molecular weight is 522 g/mol. The van der Waals surface area contributed by atoms with Gasteiger partial charge in [0.25, 0.3) is 0 Å². The number of hydrogen-bond donors (Lipinski definition) is 3. The zero-order valence-corrected chi connectivity index (χ0v) is 21.0. The Morgan fingerprint density at radius 3 is 2.08 bits per heavy atom. The number of aromatic nitrogens is 2. The smallest absolute Gasteiger partial charge is 0.423 e. The summed E-state index contributed by atoms with van der Waals surface area (Å²) in [4.78, 5) is 26.1. The van der Waals surface area contributed by atoms with Crippen LogP contribution in [0, 0.1) is 5.41 Å². The predicted molar refractivity (Wildman–Crippen MR) is 130 cm³/mol. The summed E-state index contributed by atoms with van der Waals surface area (Å²) >= 11 is 0. The molecule has 0 saturated carbocycles. The van der Waals surface area contributed by atoms with Crippen LogP contribution in [0.2, 0.25) is 0 Å². The second-order valence-corrected chi connectivity index (χ2v) is 9.47. The van der Waals surface area contributed by atoms with Gasteiger partial charge < -0.3 is 25.3 Å². The highest BCUT2D eigenvalue weighted by atomic mass is 19.4. The summed E-state index contributed by atoms with van der Waals surface area (Å²) in [5.74, 6) is -3.12. The number of carbonyl (C=O) groups excluding carboxylic acids is 1. The zero-order valence-electron chi connectivity index (χ0n) is 21.0. The van der Waals surface area contributed by atoms with Gasteiger partial charge in [0.05, 0.1) is 5.56 Å². The number of ether oxygens (including phenoxy) is 1. The number of carboxylic acid groups (broad SMARTS) is 1. The number of hydrogen-bond acceptors (Lipinski definition) is 6. The number of benzene rings is 2. The number of aromatic hydroxyl groups is 1. The highest BCUT2D eigenvalue weighted by molar-refractivity contribution is 5.99. The van der Waals surface area contributed by atoms with Crippen molar-refractivity contribution in [2.24, 2.45) is 18.2 Å². The van der Waals surface area contributed by atoms with E-state index in [0.29, 0.717) is 12.1 Å². The van der Waals surface area contributed by atoms with Gasteiger partial charge in [0.15, 0.2) is 5.78 Å². The van der Waals surface area contributed by atoms with Gasteiger partial charge in [-0.15, -0.1) is 0 Å². The van der Waals surface area contributed by atoms with Crippen LogP contribution in [0.1, 0.15) is 64.9 Å². The molecule has 2 aromatic carbocycles.